The van der Waals surface area contributed by atoms with E-state index in [1.165, 1.54) is 0 Å². The van der Waals surface area contributed by atoms with Crippen molar-refractivity contribution in [2.75, 3.05) is 38.2 Å². The molecule has 1 aliphatic heterocycles. The zero-order valence-electron chi connectivity index (χ0n) is 19.3. The molecule has 7 heteroatoms. The van der Waals surface area contributed by atoms with Gasteiger partial charge in [0.15, 0.2) is 11.5 Å². The molecule has 172 valence electrons. The lowest BCUT2D eigenvalue weighted by atomic mass is 10.0. The molecule has 2 amide bonds. The monoisotopic (exact) mass is 440 g/mol. The van der Waals surface area contributed by atoms with Crippen molar-refractivity contribution >= 4 is 17.5 Å². The van der Waals surface area contributed by atoms with E-state index in [1.54, 1.807) is 24.3 Å². The summed E-state index contributed by atoms with van der Waals surface area (Å²) < 4.78 is 17.1. The number of nitrogens with zero attached hydrogens (tertiary/aromatic N) is 1. The Labute approximate surface area is 189 Å². The third-order valence-electron chi connectivity index (χ3n) is 5.38. The van der Waals surface area contributed by atoms with E-state index in [9.17, 15) is 9.59 Å². The van der Waals surface area contributed by atoms with E-state index in [0.717, 1.165) is 31.5 Å². The minimum Gasteiger partial charge on any atom is -0.490 e. The molecule has 0 radical (unpaired) electrons. The summed E-state index contributed by atoms with van der Waals surface area (Å²) in [6.45, 7) is 10.3. The minimum absolute atomic E-state index is 0.00873. The van der Waals surface area contributed by atoms with E-state index in [-0.39, 0.29) is 11.8 Å². The van der Waals surface area contributed by atoms with E-state index >= 15 is 0 Å². The first-order chi connectivity index (χ1) is 15.5. The Bertz CT molecular complexity index is 940. The lowest BCUT2D eigenvalue weighted by molar-refractivity contribution is 0.0791. The smallest absolute Gasteiger partial charge is 0.255 e. The normalized spacial score (nSPS) is 13.1. The molecule has 2 aromatic rings. The van der Waals surface area contributed by atoms with Crippen LogP contribution in [0.3, 0.4) is 0 Å². The van der Waals surface area contributed by atoms with Crippen molar-refractivity contribution in [3.05, 3.63) is 47.0 Å². The maximum absolute atomic E-state index is 13.1. The second-order valence-electron chi connectivity index (χ2n) is 7.53. The SMILES string of the molecule is CCOc1cc(C(=O)Nc2cccc(C(=O)N3CCCC3)c2C)cc(OCC)c1OCC. The number of hydrogen-bond acceptors (Lipinski definition) is 5. The summed E-state index contributed by atoms with van der Waals surface area (Å²) in [5, 5.41) is 2.94. The first-order valence-electron chi connectivity index (χ1n) is 11.3. The Balaban J connectivity index is 1.89. The second kappa shape index (κ2) is 10.9. The molecule has 1 aliphatic rings. The summed E-state index contributed by atoms with van der Waals surface area (Å²) >= 11 is 0. The summed E-state index contributed by atoms with van der Waals surface area (Å²) in [6.07, 6.45) is 2.06. The Kier molecular flexibility index (Phi) is 7.98. The van der Waals surface area contributed by atoms with Crippen molar-refractivity contribution in [1.29, 1.82) is 0 Å². The molecule has 3 rings (SSSR count). The van der Waals surface area contributed by atoms with Crippen LogP contribution in [0.5, 0.6) is 17.2 Å². The average molecular weight is 441 g/mol. The minimum atomic E-state index is -0.316. The van der Waals surface area contributed by atoms with Crippen LogP contribution in [-0.4, -0.2) is 49.6 Å². The highest BCUT2D eigenvalue weighted by Gasteiger charge is 2.23. The van der Waals surface area contributed by atoms with Gasteiger partial charge in [-0.05, 0) is 70.4 Å². The summed E-state index contributed by atoms with van der Waals surface area (Å²) in [4.78, 5) is 27.9. The van der Waals surface area contributed by atoms with E-state index in [2.05, 4.69) is 5.32 Å². The van der Waals surface area contributed by atoms with Gasteiger partial charge in [0.05, 0.1) is 19.8 Å². The molecule has 0 aromatic heterocycles. The molecule has 1 fully saturated rings. The molecule has 0 aliphatic carbocycles. The van der Waals surface area contributed by atoms with Gasteiger partial charge in [0.2, 0.25) is 5.75 Å². The van der Waals surface area contributed by atoms with Gasteiger partial charge in [-0.2, -0.15) is 0 Å². The highest BCUT2D eigenvalue weighted by molar-refractivity contribution is 6.06. The summed E-state index contributed by atoms with van der Waals surface area (Å²) in [6, 6.07) is 8.71. The fourth-order valence-corrected chi connectivity index (χ4v) is 3.81. The maximum Gasteiger partial charge on any atom is 0.255 e. The number of amides is 2. The summed E-state index contributed by atoms with van der Waals surface area (Å²) in [7, 11) is 0. The number of benzene rings is 2. The first kappa shape index (κ1) is 23.4. The third-order valence-corrected chi connectivity index (χ3v) is 5.38. The van der Waals surface area contributed by atoms with Crippen LogP contribution >= 0.6 is 0 Å². The third kappa shape index (κ3) is 5.15. The lowest BCUT2D eigenvalue weighted by Gasteiger charge is -2.19. The number of hydrogen-bond donors (Lipinski definition) is 1. The topological polar surface area (TPSA) is 77.1 Å². The molecule has 2 aromatic carbocycles. The van der Waals surface area contributed by atoms with Gasteiger partial charge in [0, 0.05) is 29.9 Å². The zero-order valence-corrected chi connectivity index (χ0v) is 19.3. The van der Waals surface area contributed by atoms with E-state index in [0.29, 0.717) is 53.9 Å². The van der Waals surface area contributed by atoms with Crippen molar-refractivity contribution in [3.8, 4) is 17.2 Å². The molecular weight excluding hydrogens is 408 g/mol. The Morgan fingerprint density at radius 3 is 2.09 bits per heavy atom. The van der Waals surface area contributed by atoms with Crippen LogP contribution in [0.25, 0.3) is 0 Å². The largest absolute Gasteiger partial charge is 0.490 e. The summed E-state index contributed by atoms with van der Waals surface area (Å²) in [5.74, 6) is 1.10. The molecular formula is C25H32N2O5. The molecule has 32 heavy (non-hydrogen) atoms. The van der Waals surface area contributed by atoms with Gasteiger partial charge >= 0.3 is 0 Å². The molecule has 0 atom stereocenters. The highest BCUT2D eigenvalue weighted by Crippen LogP contribution is 2.39. The maximum atomic E-state index is 13.1. The van der Waals surface area contributed by atoms with Gasteiger partial charge in [-0.3, -0.25) is 9.59 Å². The Morgan fingerprint density at radius 1 is 0.938 bits per heavy atom. The molecule has 1 N–H and O–H groups in total. The van der Waals surface area contributed by atoms with Crippen LogP contribution < -0.4 is 19.5 Å². The van der Waals surface area contributed by atoms with Gasteiger partial charge in [-0.25, -0.2) is 0 Å². The number of nitrogens with one attached hydrogen (secondary N) is 1. The van der Waals surface area contributed by atoms with Gasteiger partial charge in [-0.15, -0.1) is 0 Å². The van der Waals surface area contributed by atoms with Gasteiger partial charge < -0.3 is 24.4 Å². The highest BCUT2D eigenvalue weighted by atomic mass is 16.5. The average Bonchev–Trinajstić information content (AvgIpc) is 3.32. The van der Waals surface area contributed by atoms with Crippen molar-refractivity contribution in [1.82, 2.24) is 4.90 Å². The standard InChI is InChI=1S/C25H32N2O5/c1-5-30-21-15-18(16-22(31-6-2)23(21)32-7-3)24(28)26-20-12-10-11-19(17(20)4)25(29)27-13-8-9-14-27/h10-12,15-16H,5-9,13-14H2,1-4H3,(H,26,28). The number of carbonyl (C=O) groups is 2. The quantitative estimate of drug-likeness (QED) is 0.613. The predicted molar refractivity (Wildman–Crippen MR) is 124 cm³/mol. The Hall–Kier alpha value is -3.22. The fourth-order valence-electron chi connectivity index (χ4n) is 3.81. The van der Waals surface area contributed by atoms with Crippen molar-refractivity contribution in [2.45, 2.75) is 40.5 Å². The van der Waals surface area contributed by atoms with Crippen molar-refractivity contribution in [2.24, 2.45) is 0 Å². The van der Waals surface area contributed by atoms with Gasteiger partial charge in [0.25, 0.3) is 11.8 Å². The number of anilines is 1. The molecule has 1 saturated heterocycles. The Morgan fingerprint density at radius 2 is 1.53 bits per heavy atom. The molecule has 0 unspecified atom stereocenters. The molecule has 1 heterocycles. The number of carbonyl (C=O) groups excluding carboxylic acids is 2. The van der Waals surface area contributed by atoms with Crippen LogP contribution in [0.2, 0.25) is 0 Å². The van der Waals surface area contributed by atoms with Gasteiger partial charge in [0.1, 0.15) is 0 Å². The van der Waals surface area contributed by atoms with E-state index < -0.39 is 0 Å². The molecule has 0 bridgehead atoms. The van der Waals surface area contributed by atoms with Crippen LogP contribution in [0.15, 0.2) is 30.3 Å². The molecule has 0 saturated carbocycles. The van der Waals surface area contributed by atoms with Crippen molar-refractivity contribution in [3.63, 3.8) is 0 Å². The van der Waals surface area contributed by atoms with E-state index in [1.807, 2.05) is 38.7 Å². The predicted octanol–water partition coefficient (Wildman–Crippen LogP) is 4.68. The molecule has 0 spiro atoms. The van der Waals surface area contributed by atoms with Crippen LogP contribution in [0.4, 0.5) is 5.69 Å². The zero-order chi connectivity index (χ0) is 23.1. The lowest BCUT2D eigenvalue weighted by Crippen LogP contribution is -2.28. The van der Waals surface area contributed by atoms with Crippen molar-refractivity contribution < 1.29 is 23.8 Å². The number of ether oxygens (including phenoxy) is 3. The van der Waals surface area contributed by atoms with Crippen LogP contribution in [0.1, 0.15) is 59.9 Å². The number of likely N-dealkylation sites (tertiary alicyclic amines) is 1. The van der Waals surface area contributed by atoms with Crippen LogP contribution in [-0.2, 0) is 0 Å². The van der Waals surface area contributed by atoms with E-state index in [4.69, 9.17) is 14.2 Å². The fraction of sp³-hybridized carbons (Fsp3) is 0.440. The number of rotatable bonds is 9. The molecule has 7 nitrogen and oxygen atoms in total. The second-order valence-corrected chi connectivity index (χ2v) is 7.53. The van der Waals surface area contributed by atoms with Crippen LogP contribution in [0, 0.1) is 6.92 Å². The first-order valence-corrected chi connectivity index (χ1v) is 11.3. The summed E-state index contributed by atoms with van der Waals surface area (Å²) in [5.41, 5.74) is 2.35. The van der Waals surface area contributed by atoms with Gasteiger partial charge in [-0.1, -0.05) is 6.07 Å².